The fourth-order valence-corrected chi connectivity index (χ4v) is 1.39. The molecule has 0 N–H and O–H groups in total. The van der Waals surface area contributed by atoms with Gasteiger partial charge in [-0.25, -0.2) is 0 Å². The quantitative estimate of drug-likeness (QED) is 0.549. The Morgan fingerprint density at radius 1 is 1.33 bits per heavy atom. The molecule has 0 fully saturated rings. The Bertz CT molecular complexity index is 132. The van der Waals surface area contributed by atoms with E-state index in [0.29, 0.717) is 12.3 Å². The molecular formula is C10H18O2. The average molecular weight is 170 g/mol. The van der Waals surface area contributed by atoms with Gasteiger partial charge in [0.05, 0.1) is 0 Å². The highest BCUT2D eigenvalue weighted by molar-refractivity contribution is 5.54. The van der Waals surface area contributed by atoms with Crippen LogP contribution in [0.5, 0.6) is 0 Å². The van der Waals surface area contributed by atoms with Crippen molar-refractivity contribution in [1.82, 2.24) is 0 Å². The normalized spacial score (nSPS) is 15.2. The highest BCUT2D eigenvalue weighted by Crippen LogP contribution is 2.16. The maximum Gasteiger partial charge on any atom is 0.123 e. The van der Waals surface area contributed by atoms with Gasteiger partial charge in [-0.3, -0.25) is 0 Å². The first-order valence-electron chi connectivity index (χ1n) is 4.63. The van der Waals surface area contributed by atoms with Crippen LogP contribution in [-0.4, -0.2) is 12.6 Å². The van der Waals surface area contributed by atoms with Gasteiger partial charge in [-0.1, -0.05) is 20.3 Å². The Hall–Kier alpha value is -0.660. The number of hydrogen-bond acceptors (Lipinski definition) is 2. The lowest BCUT2D eigenvalue weighted by molar-refractivity contribution is -0.112. The second kappa shape index (κ2) is 7.01. The summed E-state index contributed by atoms with van der Waals surface area (Å²) < 4.78 is 0. The molecule has 0 radical (unpaired) electrons. The van der Waals surface area contributed by atoms with Gasteiger partial charge in [0.15, 0.2) is 0 Å². The van der Waals surface area contributed by atoms with Gasteiger partial charge in [0.25, 0.3) is 0 Å². The van der Waals surface area contributed by atoms with E-state index in [1.807, 2.05) is 6.92 Å². The smallest absolute Gasteiger partial charge is 0.123 e. The van der Waals surface area contributed by atoms with Gasteiger partial charge < -0.3 is 9.59 Å². The van der Waals surface area contributed by atoms with Crippen molar-refractivity contribution in [1.29, 1.82) is 0 Å². The van der Waals surface area contributed by atoms with Crippen LogP contribution < -0.4 is 0 Å². The maximum atomic E-state index is 10.5. The fraction of sp³-hybridized carbons (Fsp3) is 0.800. The Balaban J connectivity index is 3.67. The summed E-state index contributed by atoms with van der Waals surface area (Å²) in [5.74, 6) is 0.509. The second-order valence-corrected chi connectivity index (χ2v) is 3.43. The number of carbonyl (C=O) groups is 2. The Morgan fingerprint density at radius 2 is 2.00 bits per heavy atom. The molecular weight excluding hydrogens is 152 g/mol. The van der Waals surface area contributed by atoms with Crippen LogP contribution in [0.3, 0.4) is 0 Å². The third kappa shape index (κ3) is 5.05. The van der Waals surface area contributed by atoms with Crippen LogP contribution in [0, 0.1) is 11.8 Å². The molecule has 0 saturated heterocycles. The summed E-state index contributed by atoms with van der Waals surface area (Å²) in [5.41, 5.74) is 0. The van der Waals surface area contributed by atoms with E-state index in [0.717, 1.165) is 31.8 Å². The summed E-state index contributed by atoms with van der Waals surface area (Å²) in [6, 6.07) is 0. The first-order valence-corrected chi connectivity index (χ1v) is 4.63. The molecule has 0 aromatic heterocycles. The van der Waals surface area contributed by atoms with E-state index in [2.05, 4.69) is 6.92 Å². The van der Waals surface area contributed by atoms with Gasteiger partial charge in [0.2, 0.25) is 0 Å². The van der Waals surface area contributed by atoms with Crippen molar-refractivity contribution < 1.29 is 9.59 Å². The second-order valence-electron chi connectivity index (χ2n) is 3.43. The largest absolute Gasteiger partial charge is 0.303 e. The van der Waals surface area contributed by atoms with Gasteiger partial charge in [-0.2, -0.15) is 0 Å². The summed E-state index contributed by atoms with van der Waals surface area (Å²) in [7, 11) is 0. The zero-order valence-electron chi connectivity index (χ0n) is 7.95. The third-order valence-electron chi connectivity index (χ3n) is 2.06. The molecule has 12 heavy (non-hydrogen) atoms. The molecule has 0 aliphatic rings. The van der Waals surface area contributed by atoms with E-state index in [1.54, 1.807) is 0 Å². The highest BCUT2D eigenvalue weighted by atomic mass is 16.1. The standard InChI is InChI=1S/C10H18O2/c1-3-4-10(8-12)7-9(2)5-6-11/h6,8-10H,3-5,7H2,1-2H3. The lowest BCUT2D eigenvalue weighted by atomic mass is 9.92. The summed E-state index contributed by atoms with van der Waals surface area (Å²) in [6.07, 6.45) is 5.37. The molecule has 2 nitrogen and oxygen atoms in total. The minimum absolute atomic E-state index is 0.157. The minimum atomic E-state index is 0.157. The van der Waals surface area contributed by atoms with Crippen LogP contribution in [0.25, 0.3) is 0 Å². The molecule has 0 heterocycles. The molecule has 2 unspecified atom stereocenters. The molecule has 70 valence electrons. The number of carbonyl (C=O) groups excluding carboxylic acids is 2. The van der Waals surface area contributed by atoms with Crippen molar-refractivity contribution in [2.45, 2.75) is 39.5 Å². The maximum absolute atomic E-state index is 10.5. The molecule has 0 aromatic rings. The van der Waals surface area contributed by atoms with E-state index in [1.165, 1.54) is 0 Å². The van der Waals surface area contributed by atoms with Crippen molar-refractivity contribution in [3.05, 3.63) is 0 Å². The van der Waals surface area contributed by atoms with Gasteiger partial charge in [-0.05, 0) is 18.8 Å². The topological polar surface area (TPSA) is 34.1 Å². The van der Waals surface area contributed by atoms with Crippen molar-refractivity contribution in [3.8, 4) is 0 Å². The molecule has 0 amide bonds. The van der Waals surface area contributed by atoms with E-state index >= 15 is 0 Å². The van der Waals surface area contributed by atoms with Crippen molar-refractivity contribution in [3.63, 3.8) is 0 Å². The van der Waals surface area contributed by atoms with Gasteiger partial charge >= 0.3 is 0 Å². The van der Waals surface area contributed by atoms with Crippen LogP contribution >= 0.6 is 0 Å². The zero-order chi connectivity index (χ0) is 9.40. The predicted molar refractivity (Wildman–Crippen MR) is 48.9 cm³/mol. The van der Waals surface area contributed by atoms with Gasteiger partial charge in [-0.15, -0.1) is 0 Å². The molecule has 0 aromatic carbocycles. The van der Waals surface area contributed by atoms with E-state index in [-0.39, 0.29) is 5.92 Å². The van der Waals surface area contributed by atoms with Crippen LogP contribution in [0.15, 0.2) is 0 Å². The summed E-state index contributed by atoms with van der Waals surface area (Å²) in [6.45, 7) is 4.08. The van der Waals surface area contributed by atoms with Crippen LogP contribution in [0.2, 0.25) is 0 Å². The van der Waals surface area contributed by atoms with Crippen LogP contribution in [0.4, 0.5) is 0 Å². The van der Waals surface area contributed by atoms with Crippen LogP contribution in [-0.2, 0) is 9.59 Å². The van der Waals surface area contributed by atoms with Crippen molar-refractivity contribution in [2.24, 2.45) is 11.8 Å². The lowest BCUT2D eigenvalue weighted by Crippen LogP contribution is -2.08. The predicted octanol–water partition coefficient (Wildman–Crippen LogP) is 2.22. The molecule has 0 aliphatic heterocycles. The number of hydrogen-bond donors (Lipinski definition) is 0. The number of rotatable bonds is 7. The average Bonchev–Trinajstić information content (AvgIpc) is 2.04. The number of aldehydes is 2. The molecule has 0 bridgehead atoms. The zero-order valence-corrected chi connectivity index (χ0v) is 7.95. The summed E-state index contributed by atoms with van der Waals surface area (Å²) in [5, 5.41) is 0. The fourth-order valence-electron chi connectivity index (χ4n) is 1.39. The van der Waals surface area contributed by atoms with E-state index in [4.69, 9.17) is 0 Å². The van der Waals surface area contributed by atoms with Gasteiger partial charge in [0.1, 0.15) is 12.6 Å². The molecule has 0 saturated carbocycles. The van der Waals surface area contributed by atoms with Crippen LogP contribution in [0.1, 0.15) is 39.5 Å². The highest BCUT2D eigenvalue weighted by Gasteiger charge is 2.10. The SMILES string of the molecule is CCCC(C=O)CC(C)CC=O. The summed E-state index contributed by atoms with van der Waals surface area (Å²) >= 11 is 0. The van der Waals surface area contributed by atoms with Crippen molar-refractivity contribution in [2.75, 3.05) is 0 Å². The van der Waals surface area contributed by atoms with Gasteiger partial charge in [0, 0.05) is 12.3 Å². The minimum Gasteiger partial charge on any atom is -0.303 e. The molecule has 0 aliphatic carbocycles. The van der Waals surface area contributed by atoms with E-state index in [9.17, 15) is 9.59 Å². The van der Waals surface area contributed by atoms with E-state index < -0.39 is 0 Å². The Kier molecular flexibility index (Phi) is 6.63. The Labute approximate surface area is 74.3 Å². The molecule has 2 atom stereocenters. The molecule has 0 rings (SSSR count). The Morgan fingerprint density at radius 3 is 2.42 bits per heavy atom. The first kappa shape index (κ1) is 11.3. The molecule has 0 spiro atoms. The van der Waals surface area contributed by atoms with Crippen molar-refractivity contribution >= 4 is 12.6 Å². The third-order valence-corrected chi connectivity index (χ3v) is 2.06. The first-order chi connectivity index (χ1) is 5.74. The monoisotopic (exact) mass is 170 g/mol. The molecule has 2 heteroatoms. The lowest BCUT2D eigenvalue weighted by Gasteiger charge is -2.12. The summed E-state index contributed by atoms with van der Waals surface area (Å²) in [4.78, 5) is 20.7.